The van der Waals surface area contributed by atoms with Crippen molar-refractivity contribution >= 4 is 46.5 Å². The Balaban J connectivity index is 2.05. The van der Waals surface area contributed by atoms with Crippen molar-refractivity contribution in [2.75, 3.05) is 5.32 Å². The number of ketones is 1. The van der Waals surface area contributed by atoms with Crippen LogP contribution in [0.5, 0.6) is 0 Å². The summed E-state index contributed by atoms with van der Waals surface area (Å²) in [5.74, 6) is -1.37. The Morgan fingerprint density at radius 2 is 1.59 bits per heavy atom. The van der Waals surface area contributed by atoms with Crippen molar-refractivity contribution in [3.8, 4) is 0 Å². The molecule has 2 rings (SSSR count). The molecule has 5 nitrogen and oxygen atoms in total. The summed E-state index contributed by atoms with van der Waals surface area (Å²) in [6.45, 7) is 5.05. The van der Waals surface area contributed by atoms with Crippen LogP contribution in [0.1, 0.15) is 41.5 Å². The van der Waals surface area contributed by atoms with Crippen molar-refractivity contribution in [1.82, 2.24) is 0 Å². The molecule has 0 spiro atoms. The fourth-order valence-electron chi connectivity index (χ4n) is 2.18. The Hall–Kier alpha value is -2.37. The maximum Gasteiger partial charge on any atom is 0.340 e. The van der Waals surface area contributed by atoms with Crippen LogP contribution in [0, 0.1) is 5.92 Å². The molecule has 1 amide bonds. The third-order valence-corrected chi connectivity index (χ3v) is 4.60. The molecule has 0 aliphatic carbocycles. The van der Waals surface area contributed by atoms with Gasteiger partial charge in [0.15, 0.2) is 6.10 Å². The molecule has 7 heteroatoms. The Bertz CT molecular complexity index is 863. The van der Waals surface area contributed by atoms with E-state index in [1.807, 2.05) is 0 Å². The smallest absolute Gasteiger partial charge is 0.340 e. The van der Waals surface area contributed by atoms with Gasteiger partial charge < -0.3 is 10.1 Å². The van der Waals surface area contributed by atoms with Gasteiger partial charge in [0.1, 0.15) is 0 Å². The molecular weight excluding hydrogens is 389 g/mol. The largest absolute Gasteiger partial charge is 0.451 e. The molecule has 0 fully saturated rings. The molecule has 142 valence electrons. The van der Waals surface area contributed by atoms with Gasteiger partial charge in [0.05, 0.1) is 15.6 Å². The number of anilines is 1. The number of carbonyl (C=O) groups is 3. The van der Waals surface area contributed by atoms with Gasteiger partial charge >= 0.3 is 5.97 Å². The molecule has 2 aromatic carbocycles. The number of benzene rings is 2. The summed E-state index contributed by atoms with van der Waals surface area (Å²) in [5, 5.41) is 3.04. The van der Waals surface area contributed by atoms with Crippen molar-refractivity contribution < 1.29 is 19.1 Å². The van der Waals surface area contributed by atoms with Crippen molar-refractivity contribution in [3.63, 3.8) is 0 Å². The van der Waals surface area contributed by atoms with E-state index in [1.165, 1.54) is 13.0 Å². The van der Waals surface area contributed by atoms with Crippen LogP contribution in [0.2, 0.25) is 10.0 Å². The van der Waals surface area contributed by atoms with E-state index >= 15 is 0 Å². The summed E-state index contributed by atoms with van der Waals surface area (Å²) in [6, 6.07) is 11.0. The van der Waals surface area contributed by atoms with Gasteiger partial charge in [0.2, 0.25) is 11.7 Å². The first-order valence-electron chi connectivity index (χ1n) is 8.30. The van der Waals surface area contributed by atoms with Crippen LogP contribution in [0.25, 0.3) is 0 Å². The van der Waals surface area contributed by atoms with Gasteiger partial charge in [-0.05, 0) is 43.3 Å². The van der Waals surface area contributed by atoms with Crippen LogP contribution in [-0.2, 0) is 9.53 Å². The summed E-state index contributed by atoms with van der Waals surface area (Å²) >= 11 is 11.9. The molecule has 1 N–H and O–H groups in total. The van der Waals surface area contributed by atoms with Gasteiger partial charge in [-0.1, -0.05) is 43.1 Å². The number of halogens is 2. The second-order valence-electron chi connectivity index (χ2n) is 6.23. The second kappa shape index (κ2) is 9.02. The Morgan fingerprint density at radius 3 is 2.19 bits per heavy atom. The Kier molecular flexibility index (Phi) is 6.99. The van der Waals surface area contributed by atoms with Crippen LogP contribution >= 0.6 is 23.2 Å². The highest BCUT2D eigenvalue weighted by molar-refractivity contribution is 6.43. The highest BCUT2D eigenvalue weighted by atomic mass is 35.5. The molecule has 0 saturated heterocycles. The minimum atomic E-state index is -1.01. The van der Waals surface area contributed by atoms with Gasteiger partial charge in [-0.25, -0.2) is 4.79 Å². The number of esters is 1. The third kappa shape index (κ3) is 5.31. The first-order valence-corrected chi connectivity index (χ1v) is 9.06. The van der Waals surface area contributed by atoms with Crippen molar-refractivity contribution in [2.45, 2.75) is 26.9 Å². The average molecular weight is 408 g/mol. The van der Waals surface area contributed by atoms with Gasteiger partial charge in [-0.3, -0.25) is 9.59 Å². The third-order valence-electron chi connectivity index (χ3n) is 3.79. The average Bonchev–Trinajstić information content (AvgIpc) is 2.63. The van der Waals surface area contributed by atoms with E-state index in [1.54, 1.807) is 50.2 Å². The molecule has 1 atom stereocenters. The summed E-state index contributed by atoms with van der Waals surface area (Å²) in [4.78, 5) is 36.4. The van der Waals surface area contributed by atoms with E-state index in [9.17, 15) is 14.4 Å². The predicted molar refractivity (Wildman–Crippen MR) is 106 cm³/mol. The molecule has 0 aliphatic heterocycles. The quantitative estimate of drug-likeness (QED) is 0.538. The van der Waals surface area contributed by atoms with Crippen LogP contribution in [0.4, 0.5) is 5.69 Å². The number of rotatable bonds is 6. The molecule has 0 radical (unpaired) electrons. The van der Waals surface area contributed by atoms with Crippen molar-refractivity contribution in [3.05, 3.63) is 63.6 Å². The molecule has 1 unspecified atom stereocenters. The Labute approximate surface area is 167 Å². The standard InChI is InChI=1S/C20H19Cl2NO4/c1-11(2)19(25)23-14-9-7-13(8-10-14)18(24)12(3)27-20(26)15-5-4-6-16(21)17(15)22/h4-12H,1-3H3,(H,23,25). The maximum absolute atomic E-state index is 12.5. The van der Waals surface area contributed by atoms with E-state index in [-0.39, 0.29) is 33.2 Å². The van der Waals surface area contributed by atoms with Gasteiger partial charge in [-0.15, -0.1) is 0 Å². The zero-order valence-corrected chi connectivity index (χ0v) is 16.6. The maximum atomic E-state index is 12.5. The lowest BCUT2D eigenvalue weighted by atomic mass is 10.1. The minimum absolute atomic E-state index is 0.0778. The molecule has 0 heterocycles. The molecule has 0 bridgehead atoms. The fraction of sp³-hybridized carbons (Fsp3) is 0.250. The zero-order chi connectivity index (χ0) is 20.1. The first kappa shape index (κ1) is 20.9. The highest BCUT2D eigenvalue weighted by Gasteiger charge is 2.22. The fourth-order valence-corrected chi connectivity index (χ4v) is 2.56. The zero-order valence-electron chi connectivity index (χ0n) is 15.1. The van der Waals surface area contributed by atoms with Crippen LogP contribution in [0.15, 0.2) is 42.5 Å². The van der Waals surface area contributed by atoms with Gasteiger partial charge in [0.25, 0.3) is 0 Å². The molecule has 0 saturated carbocycles. The van der Waals surface area contributed by atoms with Gasteiger partial charge in [-0.2, -0.15) is 0 Å². The summed E-state index contributed by atoms with van der Waals surface area (Å²) < 4.78 is 5.21. The SMILES string of the molecule is CC(C)C(=O)Nc1ccc(C(=O)C(C)OC(=O)c2cccc(Cl)c2Cl)cc1. The predicted octanol–water partition coefficient (Wildman–Crippen LogP) is 5.02. The van der Waals surface area contributed by atoms with Gasteiger partial charge in [0, 0.05) is 17.2 Å². The van der Waals surface area contributed by atoms with E-state index in [2.05, 4.69) is 5.32 Å². The summed E-state index contributed by atoms with van der Waals surface area (Å²) in [7, 11) is 0. The molecular formula is C20H19Cl2NO4. The summed E-state index contributed by atoms with van der Waals surface area (Å²) in [6.07, 6.45) is -1.01. The Morgan fingerprint density at radius 1 is 0.963 bits per heavy atom. The normalized spacial score (nSPS) is 11.8. The molecule has 27 heavy (non-hydrogen) atoms. The number of hydrogen-bond acceptors (Lipinski definition) is 4. The van der Waals surface area contributed by atoms with E-state index in [0.29, 0.717) is 11.3 Å². The first-order chi connectivity index (χ1) is 12.7. The van der Waals surface area contributed by atoms with Crippen LogP contribution < -0.4 is 5.32 Å². The number of carbonyl (C=O) groups excluding carboxylic acids is 3. The second-order valence-corrected chi connectivity index (χ2v) is 7.02. The lowest BCUT2D eigenvalue weighted by molar-refractivity contribution is -0.118. The van der Waals surface area contributed by atoms with Crippen molar-refractivity contribution in [1.29, 1.82) is 0 Å². The molecule has 0 aliphatic rings. The lowest BCUT2D eigenvalue weighted by Gasteiger charge is -2.14. The van der Waals surface area contributed by atoms with E-state index in [4.69, 9.17) is 27.9 Å². The minimum Gasteiger partial charge on any atom is -0.451 e. The number of nitrogens with one attached hydrogen (secondary N) is 1. The number of hydrogen-bond donors (Lipinski definition) is 1. The number of ether oxygens (including phenoxy) is 1. The molecule has 2 aromatic rings. The van der Waals surface area contributed by atoms with Crippen molar-refractivity contribution in [2.24, 2.45) is 5.92 Å². The monoisotopic (exact) mass is 407 g/mol. The number of amides is 1. The van der Waals surface area contributed by atoms with Crippen LogP contribution in [0.3, 0.4) is 0 Å². The lowest BCUT2D eigenvalue weighted by Crippen LogP contribution is -2.24. The van der Waals surface area contributed by atoms with Crippen LogP contribution in [-0.4, -0.2) is 23.8 Å². The molecule has 0 aromatic heterocycles. The summed E-state index contributed by atoms with van der Waals surface area (Å²) in [5.41, 5.74) is 1.03. The van der Waals surface area contributed by atoms with E-state index < -0.39 is 12.1 Å². The highest BCUT2D eigenvalue weighted by Crippen LogP contribution is 2.26. The topological polar surface area (TPSA) is 72.5 Å². The number of Topliss-reactive ketones (excluding diaryl/α,β-unsaturated/α-hetero) is 1. The van der Waals surface area contributed by atoms with E-state index in [0.717, 1.165) is 0 Å².